The average Bonchev–Trinajstić information content (AvgIpc) is 2.78. The number of nitrogens with zero attached hydrogens (tertiary/aromatic N) is 1. The lowest BCUT2D eigenvalue weighted by Crippen LogP contribution is -2.40. The number of benzene rings is 2. The van der Waals surface area contributed by atoms with Crippen LogP contribution in [0.5, 0.6) is 5.75 Å². The Morgan fingerprint density at radius 3 is 2.59 bits per heavy atom. The Labute approximate surface area is 191 Å². The number of hydrogen-bond acceptors (Lipinski definition) is 7. The fraction of sp³-hybridized carbons (Fsp3) is 0.333. The van der Waals surface area contributed by atoms with Gasteiger partial charge in [0.1, 0.15) is 5.75 Å². The second-order valence-corrected chi connectivity index (χ2v) is 9.32. The summed E-state index contributed by atoms with van der Waals surface area (Å²) in [6, 6.07) is 11.0. The lowest BCUT2D eigenvalue weighted by atomic mass is 10.2. The molecule has 1 amide bonds. The third kappa shape index (κ3) is 6.42. The van der Waals surface area contributed by atoms with Gasteiger partial charge in [-0.25, -0.2) is 13.2 Å². The van der Waals surface area contributed by atoms with Crippen molar-refractivity contribution in [3.05, 3.63) is 53.1 Å². The fourth-order valence-electron chi connectivity index (χ4n) is 2.91. The van der Waals surface area contributed by atoms with Crippen LogP contribution in [0.4, 0.5) is 5.69 Å². The van der Waals surface area contributed by atoms with Crippen molar-refractivity contribution in [3.8, 4) is 5.75 Å². The van der Waals surface area contributed by atoms with Crippen molar-refractivity contribution in [1.82, 2.24) is 4.31 Å². The smallest absolute Gasteiger partial charge is 0.344 e. The number of rotatable bonds is 8. The molecule has 0 aliphatic carbocycles. The Kier molecular flexibility index (Phi) is 8.08. The second-order valence-electron chi connectivity index (χ2n) is 6.95. The molecule has 0 saturated carbocycles. The molecule has 9 nitrogen and oxygen atoms in total. The van der Waals surface area contributed by atoms with Gasteiger partial charge >= 0.3 is 5.97 Å². The molecule has 1 N–H and O–H groups in total. The van der Waals surface area contributed by atoms with Crippen LogP contribution in [0, 0.1) is 6.92 Å². The number of ether oxygens (including phenoxy) is 3. The Morgan fingerprint density at radius 1 is 1.12 bits per heavy atom. The molecule has 3 rings (SSSR count). The maximum atomic E-state index is 12.8. The first kappa shape index (κ1) is 24.0. The van der Waals surface area contributed by atoms with Gasteiger partial charge < -0.3 is 19.5 Å². The quantitative estimate of drug-likeness (QED) is 0.574. The fourth-order valence-corrected chi connectivity index (χ4v) is 4.52. The van der Waals surface area contributed by atoms with Crippen LogP contribution in [-0.2, 0) is 29.1 Å². The number of carbonyl (C=O) groups is 2. The molecule has 0 bridgehead atoms. The Morgan fingerprint density at radius 2 is 1.88 bits per heavy atom. The predicted molar refractivity (Wildman–Crippen MR) is 117 cm³/mol. The number of sulfonamides is 1. The predicted octanol–water partition coefficient (Wildman–Crippen LogP) is 2.23. The first-order chi connectivity index (χ1) is 15.3. The minimum atomic E-state index is -3.71. The molecule has 1 heterocycles. The molecule has 1 saturated heterocycles. The molecule has 0 radical (unpaired) electrons. The van der Waals surface area contributed by atoms with Gasteiger partial charge in [0.15, 0.2) is 13.2 Å². The van der Waals surface area contributed by atoms with E-state index in [4.69, 9.17) is 25.8 Å². The summed E-state index contributed by atoms with van der Waals surface area (Å²) >= 11 is 5.84. The van der Waals surface area contributed by atoms with E-state index in [1.54, 1.807) is 37.3 Å². The minimum Gasteiger partial charge on any atom is -0.482 e. The van der Waals surface area contributed by atoms with Gasteiger partial charge in [-0.3, -0.25) is 4.79 Å². The van der Waals surface area contributed by atoms with Gasteiger partial charge in [0.25, 0.3) is 5.91 Å². The molecule has 32 heavy (non-hydrogen) atoms. The van der Waals surface area contributed by atoms with E-state index in [1.807, 2.05) is 0 Å². The number of aryl methyl sites for hydroxylation is 1. The summed E-state index contributed by atoms with van der Waals surface area (Å²) in [6.07, 6.45) is 0. The number of morpholine rings is 1. The summed E-state index contributed by atoms with van der Waals surface area (Å²) in [5.41, 5.74) is 0.977. The summed E-state index contributed by atoms with van der Waals surface area (Å²) in [4.78, 5) is 24.1. The number of nitrogens with one attached hydrogen (secondary N) is 1. The first-order valence-electron chi connectivity index (χ1n) is 9.78. The van der Waals surface area contributed by atoms with Crippen molar-refractivity contribution >= 4 is 39.2 Å². The molecule has 1 fully saturated rings. The van der Waals surface area contributed by atoms with Crippen LogP contribution in [0.3, 0.4) is 0 Å². The van der Waals surface area contributed by atoms with E-state index < -0.39 is 28.5 Å². The van der Waals surface area contributed by atoms with Crippen LogP contribution in [-0.4, -0.2) is 64.1 Å². The van der Waals surface area contributed by atoms with E-state index in [0.717, 1.165) is 0 Å². The van der Waals surface area contributed by atoms with E-state index in [-0.39, 0.29) is 24.6 Å². The highest BCUT2D eigenvalue weighted by Crippen LogP contribution is 2.23. The molecule has 0 aromatic heterocycles. The molecule has 2 aromatic rings. The molecule has 0 spiro atoms. The van der Waals surface area contributed by atoms with Crippen LogP contribution >= 0.6 is 11.6 Å². The summed E-state index contributed by atoms with van der Waals surface area (Å²) in [7, 11) is -3.71. The molecule has 11 heteroatoms. The molecule has 2 aromatic carbocycles. The van der Waals surface area contributed by atoms with Gasteiger partial charge in [0.05, 0.1) is 18.1 Å². The molecule has 1 aliphatic heterocycles. The van der Waals surface area contributed by atoms with Crippen molar-refractivity contribution in [2.75, 3.05) is 44.8 Å². The third-order valence-electron chi connectivity index (χ3n) is 4.61. The molecule has 0 atom stereocenters. The largest absolute Gasteiger partial charge is 0.482 e. The summed E-state index contributed by atoms with van der Waals surface area (Å²) in [5, 5.41) is 3.04. The van der Waals surface area contributed by atoms with Crippen LogP contribution in [0.1, 0.15) is 5.56 Å². The number of esters is 1. The lowest BCUT2D eigenvalue weighted by Gasteiger charge is -2.26. The van der Waals surface area contributed by atoms with Gasteiger partial charge in [-0.1, -0.05) is 23.7 Å². The summed E-state index contributed by atoms with van der Waals surface area (Å²) in [5.74, 6) is -0.946. The van der Waals surface area contributed by atoms with Crippen LogP contribution in [0.2, 0.25) is 5.02 Å². The standard InChI is InChI=1S/C21H23ClN2O7S/c1-15-5-6-18(32(27,28)24-7-9-29-10-8-24)12-19(15)23-20(25)13-31-21(26)14-30-17-4-2-3-16(22)11-17/h2-6,11-12H,7-10,13-14H2,1H3,(H,23,25). The number of halogens is 1. The van der Waals surface area contributed by atoms with Crippen LogP contribution in [0.15, 0.2) is 47.4 Å². The Bertz CT molecular complexity index is 1090. The SMILES string of the molecule is Cc1ccc(S(=O)(=O)N2CCOCC2)cc1NC(=O)COC(=O)COc1cccc(Cl)c1. The van der Waals surface area contributed by atoms with Crippen molar-refractivity contribution in [2.24, 2.45) is 0 Å². The van der Waals surface area contributed by atoms with Crippen LogP contribution < -0.4 is 10.1 Å². The van der Waals surface area contributed by atoms with Crippen LogP contribution in [0.25, 0.3) is 0 Å². The number of anilines is 1. The van der Waals surface area contributed by atoms with Crippen molar-refractivity contribution < 1.29 is 32.2 Å². The normalized spacial score (nSPS) is 14.6. The van der Waals surface area contributed by atoms with Gasteiger partial charge in [0, 0.05) is 23.8 Å². The van der Waals surface area contributed by atoms with Gasteiger partial charge in [-0.2, -0.15) is 4.31 Å². The van der Waals surface area contributed by atoms with E-state index in [1.165, 1.54) is 16.4 Å². The molecule has 172 valence electrons. The second kappa shape index (κ2) is 10.8. The summed E-state index contributed by atoms with van der Waals surface area (Å²) in [6.45, 7) is 2.00. The molecular weight excluding hydrogens is 460 g/mol. The highest BCUT2D eigenvalue weighted by atomic mass is 35.5. The molecular formula is C21H23ClN2O7S. The monoisotopic (exact) mass is 482 g/mol. The zero-order chi connectivity index (χ0) is 23.1. The Hall–Kier alpha value is -2.66. The van der Waals surface area contributed by atoms with Gasteiger partial charge in [-0.15, -0.1) is 0 Å². The van der Waals surface area contributed by atoms with Crippen molar-refractivity contribution in [1.29, 1.82) is 0 Å². The lowest BCUT2D eigenvalue weighted by molar-refractivity contribution is -0.149. The number of carbonyl (C=O) groups excluding carboxylic acids is 2. The third-order valence-corrected chi connectivity index (χ3v) is 6.74. The van der Waals surface area contributed by atoms with Gasteiger partial charge in [0.2, 0.25) is 10.0 Å². The van der Waals surface area contributed by atoms with E-state index >= 15 is 0 Å². The highest BCUT2D eigenvalue weighted by Gasteiger charge is 2.27. The van der Waals surface area contributed by atoms with Gasteiger partial charge in [-0.05, 0) is 42.8 Å². The van der Waals surface area contributed by atoms with Crippen molar-refractivity contribution in [3.63, 3.8) is 0 Å². The zero-order valence-corrected chi connectivity index (χ0v) is 18.9. The average molecular weight is 483 g/mol. The Balaban J connectivity index is 1.55. The van der Waals surface area contributed by atoms with E-state index in [2.05, 4.69) is 5.32 Å². The van der Waals surface area contributed by atoms with E-state index in [9.17, 15) is 18.0 Å². The summed E-state index contributed by atoms with van der Waals surface area (Å²) < 4.78 is 42.4. The highest BCUT2D eigenvalue weighted by molar-refractivity contribution is 7.89. The zero-order valence-electron chi connectivity index (χ0n) is 17.4. The number of amides is 1. The topological polar surface area (TPSA) is 111 Å². The maximum Gasteiger partial charge on any atom is 0.344 e. The van der Waals surface area contributed by atoms with E-state index in [0.29, 0.717) is 35.2 Å². The van der Waals surface area contributed by atoms with Crippen molar-refractivity contribution in [2.45, 2.75) is 11.8 Å². The molecule has 0 unspecified atom stereocenters. The minimum absolute atomic E-state index is 0.0622. The maximum absolute atomic E-state index is 12.8. The number of hydrogen-bond donors (Lipinski definition) is 1. The first-order valence-corrected chi connectivity index (χ1v) is 11.6. The molecule has 1 aliphatic rings.